The van der Waals surface area contributed by atoms with Crippen molar-refractivity contribution < 1.29 is 24.4 Å². The minimum Gasteiger partial charge on any atom is -0.504 e. The van der Waals surface area contributed by atoms with Crippen molar-refractivity contribution in [3.05, 3.63) is 113 Å². The second kappa shape index (κ2) is 17.1. The van der Waals surface area contributed by atoms with E-state index >= 15 is 0 Å². The SMILES string of the molecule is CC(C)CC[C@H]1CC[C@H]2C[C@H](O)CCc3ccc(O)c(c3)OCc3cc(C4(c5ccccc5)CCOCC4)cc4cn(cc34)C3=C(CO2)C(=CC(N)N3)C#C[C@H]1C. The number of nitrogens with zero attached hydrogens (tertiary/aromatic N) is 1. The highest BCUT2D eigenvalue weighted by molar-refractivity contribution is 5.88. The Morgan fingerprint density at radius 1 is 0.982 bits per heavy atom. The van der Waals surface area contributed by atoms with Crippen LogP contribution in [0.1, 0.15) is 94.4 Å². The highest BCUT2D eigenvalue weighted by atomic mass is 16.5. The molecule has 0 aliphatic carbocycles. The third-order valence-electron chi connectivity index (χ3n) is 12.9. The van der Waals surface area contributed by atoms with Crippen LogP contribution in [0.15, 0.2) is 90.3 Å². The molecule has 4 aliphatic heterocycles. The van der Waals surface area contributed by atoms with E-state index in [0.29, 0.717) is 56.7 Å². The number of aliphatic hydroxyl groups excluding tert-OH is 1. The number of aryl methyl sites for hydroxylation is 1. The predicted molar refractivity (Wildman–Crippen MR) is 226 cm³/mol. The van der Waals surface area contributed by atoms with Crippen LogP contribution in [0.25, 0.3) is 16.6 Å². The molecule has 5 heterocycles. The molecule has 3 aromatic carbocycles. The number of phenolic OH excluding ortho intramolecular Hbond substituents is 1. The molecule has 8 rings (SSSR count). The van der Waals surface area contributed by atoms with Crippen molar-refractivity contribution in [2.45, 2.75) is 109 Å². The van der Waals surface area contributed by atoms with Crippen LogP contribution in [0.3, 0.4) is 0 Å². The zero-order chi connectivity index (χ0) is 39.5. The van der Waals surface area contributed by atoms with Gasteiger partial charge in [-0.05, 0) is 110 Å². The standard InChI is InChI=1S/C49H59N3O5/c1-32(2)9-13-35-15-17-42-27-41(53)16-11-34-12-18-45(54)46(23-34)57-30-38-25-40(49(19-21-55-22-20-49)39-7-5-4-6-8-39)24-37-28-52(29-43(37)38)48-44(31-56-42)36(14-10-33(35)3)26-47(50)51-48/h4-8,12,18,23-26,28-29,32-33,35,41-42,47,51,53-54H,9,11,13,15-17,19-22,27,30-31,50H2,1-3H3/t33-,35+,41-,42+,47?/m1/s1. The van der Waals surface area contributed by atoms with Crippen LogP contribution in [0, 0.1) is 29.6 Å². The van der Waals surface area contributed by atoms with Crippen molar-refractivity contribution >= 4 is 16.6 Å². The van der Waals surface area contributed by atoms with Crippen molar-refractivity contribution in [1.82, 2.24) is 9.88 Å². The Morgan fingerprint density at radius 3 is 2.61 bits per heavy atom. The van der Waals surface area contributed by atoms with Gasteiger partial charge in [-0.2, -0.15) is 0 Å². The molecule has 0 amide bonds. The summed E-state index contributed by atoms with van der Waals surface area (Å²) in [5.41, 5.74) is 12.9. The first kappa shape index (κ1) is 39.3. The molecule has 0 saturated carbocycles. The summed E-state index contributed by atoms with van der Waals surface area (Å²) >= 11 is 0. The Labute approximate surface area is 338 Å². The van der Waals surface area contributed by atoms with E-state index in [1.54, 1.807) is 6.07 Å². The molecule has 57 heavy (non-hydrogen) atoms. The summed E-state index contributed by atoms with van der Waals surface area (Å²) in [4.78, 5) is 0. The Kier molecular flexibility index (Phi) is 11.8. The summed E-state index contributed by atoms with van der Waals surface area (Å²) in [6, 6.07) is 21.0. The Morgan fingerprint density at radius 2 is 1.81 bits per heavy atom. The van der Waals surface area contributed by atoms with E-state index in [4.69, 9.17) is 19.9 Å². The maximum atomic E-state index is 11.5. The van der Waals surface area contributed by atoms with Gasteiger partial charge in [0.1, 0.15) is 12.4 Å². The van der Waals surface area contributed by atoms with Crippen LogP contribution >= 0.6 is 0 Å². The summed E-state index contributed by atoms with van der Waals surface area (Å²) < 4.78 is 21.5. The van der Waals surface area contributed by atoms with E-state index in [0.717, 1.165) is 77.4 Å². The van der Waals surface area contributed by atoms with Crippen molar-refractivity contribution in [2.24, 2.45) is 23.5 Å². The van der Waals surface area contributed by atoms with Gasteiger partial charge in [0.25, 0.3) is 0 Å². The summed E-state index contributed by atoms with van der Waals surface area (Å²) in [6.45, 7) is 8.80. The number of ether oxygens (including phenoxy) is 3. The van der Waals surface area contributed by atoms with Crippen molar-refractivity contribution in [3.63, 3.8) is 0 Å². The fourth-order valence-electron chi connectivity index (χ4n) is 9.37. The number of aromatic hydroxyl groups is 1. The first-order valence-electron chi connectivity index (χ1n) is 21.2. The maximum absolute atomic E-state index is 11.5. The smallest absolute Gasteiger partial charge is 0.161 e. The molecule has 300 valence electrons. The maximum Gasteiger partial charge on any atom is 0.161 e. The van der Waals surface area contributed by atoms with E-state index in [9.17, 15) is 10.2 Å². The van der Waals surface area contributed by atoms with Crippen molar-refractivity contribution in [2.75, 3.05) is 19.8 Å². The Bertz CT molecular complexity index is 2170. The molecule has 0 spiro atoms. The number of aliphatic hydroxyl groups is 1. The van der Waals surface area contributed by atoms with Gasteiger partial charge in [0.2, 0.25) is 0 Å². The van der Waals surface area contributed by atoms with E-state index in [-0.39, 0.29) is 29.8 Å². The number of benzene rings is 3. The Balaban J connectivity index is 1.30. The summed E-state index contributed by atoms with van der Waals surface area (Å²) in [6.07, 6.45) is 12.8. The number of aromatic nitrogens is 1. The van der Waals surface area contributed by atoms with Crippen LogP contribution in [0.4, 0.5) is 0 Å². The highest BCUT2D eigenvalue weighted by Gasteiger charge is 2.37. The zero-order valence-electron chi connectivity index (χ0n) is 33.8. The number of nitrogens with two attached hydrogens (primary N) is 1. The zero-order valence-corrected chi connectivity index (χ0v) is 33.8. The first-order valence-corrected chi connectivity index (χ1v) is 21.2. The predicted octanol–water partition coefficient (Wildman–Crippen LogP) is 8.57. The molecular weight excluding hydrogens is 711 g/mol. The number of dihydropyridines is 1. The highest BCUT2D eigenvalue weighted by Crippen LogP contribution is 2.44. The van der Waals surface area contributed by atoms with Crippen molar-refractivity contribution in [3.8, 4) is 23.3 Å². The van der Waals surface area contributed by atoms with E-state index < -0.39 is 12.3 Å². The largest absolute Gasteiger partial charge is 0.504 e. The lowest BCUT2D eigenvalue weighted by molar-refractivity contribution is 0.0139. The molecule has 5 N–H and O–H groups in total. The summed E-state index contributed by atoms with van der Waals surface area (Å²) in [5, 5.41) is 28.2. The van der Waals surface area contributed by atoms with Crippen molar-refractivity contribution in [1.29, 1.82) is 0 Å². The van der Waals surface area contributed by atoms with Crippen LogP contribution in [0.5, 0.6) is 11.5 Å². The Hall–Kier alpha value is -4.52. The molecule has 8 heteroatoms. The summed E-state index contributed by atoms with van der Waals surface area (Å²) in [7, 11) is 0. The lowest BCUT2D eigenvalue weighted by Gasteiger charge is -2.39. The van der Waals surface area contributed by atoms with Crippen LogP contribution in [-0.4, -0.2) is 53.0 Å². The van der Waals surface area contributed by atoms with Gasteiger partial charge < -0.3 is 40.0 Å². The normalized spacial score (nSPS) is 25.4. The van der Waals surface area contributed by atoms with Gasteiger partial charge in [0.05, 0.1) is 25.0 Å². The van der Waals surface area contributed by atoms with E-state index in [1.807, 2.05) is 18.2 Å². The third kappa shape index (κ3) is 8.68. The molecule has 1 fully saturated rings. The number of nitrogens with one attached hydrogen (secondary N) is 1. The quantitative estimate of drug-likeness (QED) is 0.151. The minimum atomic E-state index is -0.550. The molecule has 4 aliphatic rings. The van der Waals surface area contributed by atoms with Gasteiger partial charge in [0.15, 0.2) is 11.5 Å². The minimum absolute atomic E-state index is 0.0970. The lowest BCUT2D eigenvalue weighted by Crippen LogP contribution is -2.40. The fraction of sp³-hybridized carbons (Fsp3) is 0.469. The number of hydrogen-bond donors (Lipinski definition) is 4. The number of hydrogen-bond acceptors (Lipinski definition) is 7. The molecule has 1 unspecified atom stereocenters. The number of phenols is 1. The monoisotopic (exact) mass is 769 g/mol. The average molecular weight is 770 g/mol. The van der Waals surface area contributed by atoms with E-state index in [1.165, 1.54) is 11.1 Å². The third-order valence-corrected chi connectivity index (χ3v) is 12.9. The van der Waals surface area contributed by atoms with Gasteiger partial charge >= 0.3 is 0 Å². The molecule has 6 bridgehead atoms. The molecule has 0 radical (unpaired) electrons. The lowest BCUT2D eigenvalue weighted by atomic mass is 9.68. The summed E-state index contributed by atoms with van der Waals surface area (Å²) in [5.74, 6) is 9.88. The van der Waals surface area contributed by atoms with E-state index in [2.05, 4.69) is 97.4 Å². The van der Waals surface area contributed by atoms with Gasteiger partial charge in [-0.15, -0.1) is 0 Å². The van der Waals surface area contributed by atoms with Gasteiger partial charge in [0, 0.05) is 58.9 Å². The molecule has 1 saturated heterocycles. The number of fused-ring (bicyclic) bond motifs is 6. The topological polar surface area (TPSA) is 111 Å². The molecule has 1 aromatic heterocycles. The van der Waals surface area contributed by atoms with Crippen LogP contribution < -0.4 is 15.8 Å². The first-order chi connectivity index (χ1) is 27.6. The average Bonchev–Trinajstić information content (AvgIpc) is 3.65. The molecule has 4 aromatic rings. The molecule has 8 nitrogen and oxygen atoms in total. The fourth-order valence-corrected chi connectivity index (χ4v) is 9.37. The van der Waals surface area contributed by atoms with Gasteiger partial charge in [-0.3, -0.25) is 0 Å². The van der Waals surface area contributed by atoms with Crippen LogP contribution in [0.2, 0.25) is 0 Å². The molecular formula is C49H59N3O5. The van der Waals surface area contributed by atoms with Crippen LogP contribution in [-0.2, 0) is 27.9 Å². The second-order valence-corrected chi connectivity index (χ2v) is 17.3. The molecule has 5 atom stereocenters. The van der Waals surface area contributed by atoms with Gasteiger partial charge in [-0.25, -0.2) is 0 Å². The second-order valence-electron chi connectivity index (χ2n) is 17.3. The van der Waals surface area contributed by atoms with Gasteiger partial charge in [-0.1, -0.05) is 81.5 Å². The number of rotatable bonds is 5.